The maximum absolute atomic E-state index is 6.28. The second-order valence-corrected chi connectivity index (χ2v) is 7.82. The highest BCUT2D eigenvalue weighted by Crippen LogP contribution is 2.28. The van der Waals surface area contributed by atoms with E-state index in [-0.39, 0.29) is 0 Å². The van der Waals surface area contributed by atoms with Crippen molar-refractivity contribution < 1.29 is 9.47 Å². The summed E-state index contributed by atoms with van der Waals surface area (Å²) in [7, 11) is 3.17. The van der Waals surface area contributed by atoms with Gasteiger partial charge in [0.1, 0.15) is 11.5 Å². The van der Waals surface area contributed by atoms with E-state index in [0.29, 0.717) is 45.8 Å². The van der Waals surface area contributed by atoms with Crippen molar-refractivity contribution in [1.82, 2.24) is 15.3 Å². The topological polar surface area (TPSA) is 92.7 Å². The highest BCUT2D eigenvalue weighted by atomic mass is 35.5. The van der Waals surface area contributed by atoms with Crippen LogP contribution in [0.5, 0.6) is 11.5 Å². The van der Waals surface area contributed by atoms with Gasteiger partial charge in [-0.3, -0.25) is 5.32 Å². The van der Waals surface area contributed by atoms with Crippen molar-refractivity contribution in [3.63, 3.8) is 0 Å². The highest BCUT2D eigenvalue weighted by molar-refractivity contribution is 7.80. The number of benzene rings is 2. The molecule has 0 aliphatic heterocycles. The van der Waals surface area contributed by atoms with Crippen LogP contribution in [-0.4, -0.2) is 35.3 Å². The van der Waals surface area contributed by atoms with Crippen molar-refractivity contribution >= 4 is 46.5 Å². The summed E-state index contributed by atoms with van der Waals surface area (Å²) >= 11 is 11.8. The van der Waals surface area contributed by atoms with E-state index in [1.165, 1.54) is 0 Å². The zero-order valence-corrected chi connectivity index (χ0v) is 20.3. The number of guanidine groups is 1. The Morgan fingerprint density at radius 1 is 1.00 bits per heavy atom. The lowest BCUT2D eigenvalue weighted by molar-refractivity contribution is 0.395. The third-order valence-corrected chi connectivity index (χ3v) is 5.04. The molecule has 0 fully saturated rings. The van der Waals surface area contributed by atoms with E-state index in [2.05, 4.69) is 30.9 Å². The van der Waals surface area contributed by atoms with Crippen LogP contribution in [0.3, 0.4) is 0 Å². The van der Waals surface area contributed by atoms with Crippen LogP contribution in [0, 0.1) is 13.8 Å². The highest BCUT2D eigenvalue weighted by Gasteiger charge is 2.11. The average Bonchev–Trinajstić information content (AvgIpc) is 2.78. The Labute approximate surface area is 203 Å². The third kappa shape index (κ3) is 7.03. The lowest BCUT2D eigenvalue weighted by Gasteiger charge is -2.16. The fourth-order valence-electron chi connectivity index (χ4n) is 2.95. The summed E-state index contributed by atoms with van der Waals surface area (Å²) < 4.78 is 10.7. The van der Waals surface area contributed by atoms with Crippen molar-refractivity contribution in [1.29, 1.82) is 0 Å². The number of nitrogens with one attached hydrogen (secondary N) is 3. The molecule has 0 amide bonds. The van der Waals surface area contributed by atoms with Crippen LogP contribution < -0.4 is 25.4 Å². The van der Waals surface area contributed by atoms with Crippen LogP contribution >= 0.6 is 23.8 Å². The normalized spacial score (nSPS) is 11.0. The molecule has 0 saturated heterocycles. The van der Waals surface area contributed by atoms with Crippen LogP contribution in [0.15, 0.2) is 53.5 Å². The van der Waals surface area contributed by atoms with Crippen LogP contribution in [0.4, 0.5) is 11.6 Å². The maximum Gasteiger partial charge on any atom is 0.229 e. The number of nitrogens with zero attached hydrogens (tertiary/aromatic N) is 3. The molecule has 172 valence electrons. The first-order valence-corrected chi connectivity index (χ1v) is 10.8. The van der Waals surface area contributed by atoms with E-state index in [1.807, 2.05) is 56.3 Å². The number of rotatable bonds is 6. The van der Waals surface area contributed by atoms with Gasteiger partial charge in [-0.2, -0.15) is 0 Å². The molecule has 3 rings (SSSR count). The Kier molecular flexibility index (Phi) is 8.39. The zero-order valence-electron chi connectivity index (χ0n) is 18.8. The number of halogens is 1. The Hall–Kier alpha value is -3.43. The number of methoxy groups -OCH3 is 2. The fraction of sp³-hybridized carbons (Fsp3) is 0.217. The smallest absolute Gasteiger partial charge is 0.229 e. The second kappa shape index (κ2) is 11.4. The Bertz CT molecular complexity index is 1150. The Morgan fingerprint density at radius 3 is 2.39 bits per heavy atom. The molecule has 10 heteroatoms. The van der Waals surface area contributed by atoms with E-state index in [9.17, 15) is 0 Å². The van der Waals surface area contributed by atoms with E-state index in [1.54, 1.807) is 20.3 Å². The molecule has 0 aliphatic rings. The number of hydrogen-bond acceptors (Lipinski definition) is 6. The van der Waals surface area contributed by atoms with Gasteiger partial charge < -0.3 is 20.1 Å². The first kappa shape index (κ1) is 24.2. The maximum atomic E-state index is 6.28. The monoisotopic (exact) mass is 484 g/mol. The minimum absolute atomic E-state index is 0.299. The third-order valence-electron chi connectivity index (χ3n) is 4.47. The van der Waals surface area contributed by atoms with E-state index < -0.39 is 0 Å². The number of aliphatic imine (C=N–C) groups is 1. The van der Waals surface area contributed by atoms with Crippen LogP contribution in [0.1, 0.15) is 17.0 Å². The molecule has 0 spiro atoms. The largest absolute Gasteiger partial charge is 0.497 e. The van der Waals surface area contributed by atoms with Crippen molar-refractivity contribution in [3.05, 3.63) is 70.5 Å². The summed E-state index contributed by atoms with van der Waals surface area (Å²) in [5.74, 6) is 2.03. The molecule has 2 aromatic carbocycles. The lowest BCUT2D eigenvalue weighted by Crippen LogP contribution is -2.39. The molecule has 0 saturated carbocycles. The molecular weight excluding hydrogens is 460 g/mol. The summed E-state index contributed by atoms with van der Waals surface area (Å²) in [4.78, 5) is 13.4. The summed E-state index contributed by atoms with van der Waals surface area (Å²) in [5, 5.41) is 10.2. The number of aryl methyl sites for hydroxylation is 2. The van der Waals surface area contributed by atoms with Crippen LogP contribution in [0.25, 0.3) is 0 Å². The van der Waals surface area contributed by atoms with E-state index in [4.69, 9.17) is 33.3 Å². The Morgan fingerprint density at radius 2 is 1.73 bits per heavy atom. The fourth-order valence-corrected chi connectivity index (χ4v) is 3.35. The van der Waals surface area contributed by atoms with Gasteiger partial charge >= 0.3 is 0 Å². The summed E-state index contributed by atoms with van der Waals surface area (Å²) in [6.07, 6.45) is 0. The number of anilines is 2. The Balaban J connectivity index is 1.81. The second-order valence-electron chi connectivity index (χ2n) is 7.00. The molecule has 3 aromatic rings. The van der Waals surface area contributed by atoms with Crippen molar-refractivity contribution in [3.8, 4) is 11.5 Å². The number of hydrogen-bond donors (Lipinski definition) is 3. The minimum atomic E-state index is 0.299. The summed E-state index contributed by atoms with van der Waals surface area (Å²) in [5.41, 5.74) is 3.21. The van der Waals surface area contributed by atoms with Gasteiger partial charge in [-0.15, -0.1) is 0 Å². The van der Waals surface area contributed by atoms with E-state index in [0.717, 1.165) is 17.0 Å². The average molecular weight is 485 g/mol. The number of aromatic nitrogens is 2. The first-order valence-electron chi connectivity index (χ1n) is 10.0. The van der Waals surface area contributed by atoms with Gasteiger partial charge in [0.05, 0.1) is 26.5 Å². The van der Waals surface area contributed by atoms with Gasteiger partial charge in [-0.25, -0.2) is 15.0 Å². The van der Waals surface area contributed by atoms with Crippen molar-refractivity contribution in [2.24, 2.45) is 4.99 Å². The molecule has 0 aliphatic carbocycles. The van der Waals surface area contributed by atoms with Crippen LogP contribution in [0.2, 0.25) is 5.02 Å². The van der Waals surface area contributed by atoms with Gasteiger partial charge in [0, 0.05) is 22.5 Å². The molecule has 3 N–H and O–H groups in total. The number of ether oxygens (including phenoxy) is 2. The molecule has 0 unspecified atom stereocenters. The van der Waals surface area contributed by atoms with Gasteiger partial charge in [0.15, 0.2) is 5.11 Å². The molecule has 1 heterocycles. The molecule has 0 bridgehead atoms. The van der Waals surface area contributed by atoms with Gasteiger partial charge in [0.2, 0.25) is 11.9 Å². The molecular formula is C23H25ClN6O2S. The minimum Gasteiger partial charge on any atom is -0.497 e. The predicted molar refractivity (Wildman–Crippen MR) is 137 cm³/mol. The van der Waals surface area contributed by atoms with Crippen molar-refractivity contribution in [2.45, 2.75) is 20.4 Å². The molecule has 33 heavy (non-hydrogen) atoms. The molecule has 0 radical (unpaired) electrons. The molecule has 0 atom stereocenters. The lowest BCUT2D eigenvalue weighted by atomic mass is 10.2. The molecule has 1 aromatic heterocycles. The SMILES string of the molecule is COc1ccc(NC(=S)NC(=NCc2ccccc2Cl)Nc2nc(C)cc(C)n2)c(OC)c1. The van der Waals surface area contributed by atoms with Crippen molar-refractivity contribution in [2.75, 3.05) is 24.9 Å². The summed E-state index contributed by atoms with van der Waals surface area (Å²) in [6, 6.07) is 14.8. The zero-order chi connectivity index (χ0) is 23.8. The van der Waals surface area contributed by atoms with Crippen LogP contribution in [-0.2, 0) is 6.54 Å². The quantitative estimate of drug-likeness (QED) is 0.263. The van der Waals surface area contributed by atoms with Gasteiger partial charge in [-0.1, -0.05) is 29.8 Å². The van der Waals surface area contributed by atoms with E-state index >= 15 is 0 Å². The molecule has 8 nitrogen and oxygen atoms in total. The first-order chi connectivity index (χ1) is 15.9. The van der Waals surface area contributed by atoms with Gasteiger partial charge in [0.25, 0.3) is 0 Å². The standard InChI is InChI=1S/C23H25ClN6O2S/c1-14-11-15(2)27-22(26-14)29-21(25-13-16-7-5-6-8-18(16)24)30-23(33)28-19-10-9-17(31-3)12-20(19)32-4/h5-12H,13H2,1-4H3,(H3,25,26,27,28,29,30,33). The van der Waals surface area contributed by atoms with Gasteiger partial charge in [-0.05, 0) is 55.9 Å². The predicted octanol–water partition coefficient (Wildman–Crippen LogP) is 4.72. The summed E-state index contributed by atoms with van der Waals surface area (Å²) in [6.45, 7) is 4.13. The number of thiocarbonyl (C=S) groups is 1.